The van der Waals surface area contributed by atoms with Gasteiger partial charge in [0.05, 0.1) is 5.69 Å². The van der Waals surface area contributed by atoms with Gasteiger partial charge in [-0.05, 0) is 6.92 Å². The Hall–Kier alpha value is -2.44. The van der Waals surface area contributed by atoms with Crippen LogP contribution in [-0.4, -0.2) is 30.4 Å². The molecule has 17 heavy (non-hydrogen) atoms. The number of carbonyl (C=O) groups is 1. The average Bonchev–Trinajstić information content (AvgIpc) is 2.64. The average molecular weight is 234 g/mol. The molecule has 2 aromatic heterocycles. The van der Waals surface area contributed by atoms with Gasteiger partial charge in [-0.25, -0.2) is 14.5 Å². The van der Waals surface area contributed by atoms with Crippen LogP contribution in [0.25, 0.3) is 5.82 Å². The second-order valence-corrected chi connectivity index (χ2v) is 3.54. The molecule has 0 aliphatic carbocycles. The molecular formula is C10H10N4O3. The predicted molar refractivity (Wildman–Crippen MR) is 58.3 cm³/mol. The van der Waals surface area contributed by atoms with Crippen LogP contribution in [0.5, 0.6) is 0 Å². The van der Waals surface area contributed by atoms with Crippen LogP contribution in [0.4, 0.5) is 0 Å². The number of carboxylic acid groups (broad SMARTS) is 1. The summed E-state index contributed by atoms with van der Waals surface area (Å²) in [6.07, 6.45) is 4.25. The molecule has 0 amide bonds. The van der Waals surface area contributed by atoms with E-state index in [1.807, 2.05) is 0 Å². The molecule has 2 rings (SSSR count). The summed E-state index contributed by atoms with van der Waals surface area (Å²) >= 11 is 0. The first kappa shape index (κ1) is 11.1. The third kappa shape index (κ3) is 1.82. The molecule has 0 radical (unpaired) electrons. The Morgan fingerprint density at radius 2 is 2.18 bits per heavy atom. The van der Waals surface area contributed by atoms with E-state index in [2.05, 4.69) is 10.1 Å². The van der Waals surface area contributed by atoms with Crippen molar-refractivity contribution in [1.29, 1.82) is 0 Å². The van der Waals surface area contributed by atoms with E-state index >= 15 is 0 Å². The van der Waals surface area contributed by atoms with Crippen molar-refractivity contribution in [2.24, 2.45) is 7.05 Å². The SMILES string of the molecule is Cc1nn(-c2nccn(C)c2=O)cc1C(=O)O. The van der Waals surface area contributed by atoms with Gasteiger partial charge in [-0.3, -0.25) is 4.79 Å². The molecule has 0 aliphatic rings. The Balaban J connectivity index is 2.62. The summed E-state index contributed by atoms with van der Waals surface area (Å²) in [5.74, 6) is -1.01. The lowest BCUT2D eigenvalue weighted by Gasteiger charge is -2.00. The van der Waals surface area contributed by atoms with E-state index in [1.54, 1.807) is 14.0 Å². The molecular weight excluding hydrogens is 224 g/mol. The quantitative estimate of drug-likeness (QED) is 0.788. The van der Waals surface area contributed by atoms with Crippen LogP contribution in [0.1, 0.15) is 16.1 Å². The van der Waals surface area contributed by atoms with Gasteiger partial charge in [-0.15, -0.1) is 0 Å². The maximum Gasteiger partial charge on any atom is 0.339 e. The number of aromatic nitrogens is 4. The second kappa shape index (κ2) is 3.85. The molecule has 0 saturated heterocycles. The summed E-state index contributed by atoms with van der Waals surface area (Å²) in [5, 5.41) is 12.9. The summed E-state index contributed by atoms with van der Waals surface area (Å²) in [6, 6.07) is 0. The smallest absolute Gasteiger partial charge is 0.339 e. The van der Waals surface area contributed by atoms with E-state index in [9.17, 15) is 9.59 Å². The minimum absolute atomic E-state index is 0.0534. The summed E-state index contributed by atoms with van der Waals surface area (Å²) in [7, 11) is 1.59. The van der Waals surface area contributed by atoms with E-state index in [4.69, 9.17) is 5.11 Å². The first-order chi connectivity index (χ1) is 8.00. The zero-order valence-corrected chi connectivity index (χ0v) is 9.28. The normalized spacial score (nSPS) is 10.5. The van der Waals surface area contributed by atoms with Crippen LogP contribution < -0.4 is 5.56 Å². The summed E-state index contributed by atoms with van der Waals surface area (Å²) in [4.78, 5) is 26.5. The van der Waals surface area contributed by atoms with Gasteiger partial charge in [-0.1, -0.05) is 0 Å². The first-order valence-corrected chi connectivity index (χ1v) is 4.82. The van der Waals surface area contributed by atoms with Crippen molar-refractivity contribution in [3.63, 3.8) is 0 Å². The molecule has 88 valence electrons. The minimum Gasteiger partial charge on any atom is -0.478 e. The number of nitrogens with zero attached hydrogens (tertiary/aromatic N) is 4. The van der Waals surface area contributed by atoms with Gasteiger partial charge in [0.2, 0.25) is 5.82 Å². The molecule has 2 aromatic rings. The van der Waals surface area contributed by atoms with Crippen molar-refractivity contribution in [2.45, 2.75) is 6.92 Å². The summed E-state index contributed by atoms with van der Waals surface area (Å²) in [6.45, 7) is 1.56. The number of aryl methyl sites for hydroxylation is 2. The zero-order chi connectivity index (χ0) is 12.6. The predicted octanol–water partition coefficient (Wildman–Crippen LogP) is -0.0274. The molecule has 2 heterocycles. The van der Waals surface area contributed by atoms with Crippen molar-refractivity contribution in [1.82, 2.24) is 19.3 Å². The van der Waals surface area contributed by atoms with E-state index < -0.39 is 5.97 Å². The second-order valence-electron chi connectivity index (χ2n) is 3.54. The molecule has 0 fully saturated rings. The molecule has 1 N–H and O–H groups in total. The number of carboxylic acids is 1. The van der Waals surface area contributed by atoms with Crippen LogP contribution in [0.15, 0.2) is 23.4 Å². The molecule has 7 heteroatoms. The topological polar surface area (TPSA) is 90.0 Å². The highest BCUT2D eigenvalue weighted by atomic mass is 16.4. The zero-order valence-electron chi connectivity index (χ0n) is 9.28. The minimum atomic E-state index is -1.08. The van der Waals surface area contributed by atoms with Gasteiger partial charge in [0.1, 0.15) is 5.56 Å². The van der Waals surface area contributed by atoms with Crippen molar-refractivity contribution in [3.05, 3.63) is 40.2 Å². The van der Waals surface area contributed by atoms with Crippen molar-refractivity contribution in [3.8, 4) is 5.82 Å². The third-order valence-electron chi connectivity index (χ3n) is 2.35. The Morgan fingerprint density at radius 1 is 1.47 bits per heavy atom. The van der Waals surface area contributed by atoms with Gasteiger partial charge in [-0.2, -0.15) is 5.10 Å². The Kier molecular flexibility index (Phi) is 2.51. The fourth-order valence-electron chi connectivity index (χ4n) is 1.42. The number of hydrogen-bond acceptors (Lipinski definition) is 4. The fraction of sp³-hybridized carbons (Fsp3) is 0.200. The lowest BCUT2D eigenvalue weighted by atomic mass is 10.3. The molecule has 7 nitrogen and oxygen atoms in total. The fourth-order valence-corrected chi connectivity index (χ4v) is 1.42. The lowest BCUT2D eigenvalue weighted by molar-refractivity contribution is 0.0696. The van der Waals surface area contributed by atoms with Gasteiger partial charge >= 0.3 is 5.97 Å². The standard InChI is InChI=1S/C10H10N4O3/c1-6-7(10(16)17)5-14(12-6)8-9(15)13(2)4-3-11-8/h3-5H,1-2H3,(H,16,17). The Morgan fingerprint density at radius 3 is 2.76 bits per heavy atom. The van der Waals surface area contributed by atoms with E-state index in [0.29, 0.717) is 5.69 Å². The van der Waals surface area contributed by atoms with E-state index in [0.717, 1.165) is 0 Å². The first-order valence-electron chi connectivity index (χ1n) is 4.82. The van der Waals surface area contributed by atoms with Crippen molar-refractivity contribution in [2.75, 3.05) is 0 Å². The molecule has 0 unspecified atom stereocenters. The van der Waals surface area contributed by atoms with Gasteiger partial charge in [0.25, 0.3) is 5.56 Å². The highest BCUT2D eigenvalue weighted by molar-refractivity contribution is 5.88. The maximum absolute atomic E-state index is 11.8. The monoisotopic (exact) mass is 234 g/mol. The third-order valence-corrected chi connectivity index (χ3v) is 2.35. The van der Waals surface area contributed by atoms with Crippen LogP contribution in [0, 0.1) is 6.92 Å². The Labute approximate surface area is 96.0 Å². The van der Waals surface area contributed by atoms with Crippen LogP contribution in [0.2, 0.25) is 0 Å². The van der Waals surface area contributed by atoms with Gasteiger partial charge in [0.15, 0.2) is 0 Å². The highest BCUT2D eigenvalue weighted by Crippen LogP contribution is 2.07. The van der Waals surface area contributed by atoms with Crippen LogP contribution in [-0.2, 0) is 7.05 Å². The van der Waals surface area contributed by atoms with Crippen LogP contribution >= 0.6 is 0 Å². The summed E-state index contributed by atoms with van der Waals surface area (Å²) in [5.41, 5.74) is 0.0508. The van der Waals surface area contributed by atoms with Crippen LogP contribution in [0.3, 0.4) is 0 Å². The number of hydrogen-bond donors (Lipinski definition) is 1. The lowest BCUT2D eigenvalue weighted by Crippen LogP contribution is -2.23. The highest BCUT2D eigenvalue weighted by Gasteiger charge is 2.14. The molecule has 0 saturated carbocycles. The molecule has 0 spiro atoms. The number of aromatic carboxylic acids is 1. The van der Waals surface area contributed by atoms with E-state index in [1.165, 1.54) is 27.8 Å². The molecule has 0 aliphatic heterocycles. The Bertz CT molecular complexity index is 641. The molecule has 0 atom stereocenters. The molecule has 0 bridgehead atoms. The van der Waals surface area contributed by atoms with Gasteiger partial charge < -0.3 is 9.67 Å². The van der Waals surface area contributed by atoms with E-state index in [-0.39, 0.29) is 16.9 Å². The van der Waals surface area contributed by atoms with Crippen molar-refractivity contribution >= 4 is 5.97 Å². The summed E-state index contributed by atoms with van der Waals surface area (Å²) < 4.78 is 2.53. The van der Waals surface area contributed by atoms with Gasteiger partial charge in [0, 0.05) is 25.6 Å². The maximum atomic E-state index is 11.8. The largest absolute Gasteiger partial charge is 0.478 e. The van der Waals surface area contributed by atoms with Crippen molar-refractivity contribution < 1.29 is 9.90 Å². The molecule has 0 aromatic carbocycles. The number of rotatable bonds is 2.